The highest BCUT2D eigenvalue weighted by Gasteiger charge is 2.22. The molecule has 0 spiro atoms. The molecule has 5 rings (SSSR count). The van der Waals surface area contributed by atoms with E-state index >= 15 is 0 Å². The molecule has 1 saturated carbocycles. The summed E-state index contributed by atoms with van der Waals surface area (Å²) in [5.74, 6) is -0.606. The highest BCUT2D eigenvalue weighted by Crippen LogP contribution is 2.35. The van der Waals surface area contributed by atoms with E-state index in [1.807, 2.05) is 30.3 Å². The number of benzene rings is 1. The van der Waals surface area contributed by atoms with Crippen molar-refractivity contribution in [1.29, 1.82) is 0 Å². The minimum absolute atomic E-state index is 0.228. The number of methoxy groups -OCH3 is 1. The van der Waals surface area contributed by atoms with Crippen LogP contribution in [0.25, 0.3) is 11.1 Å². The van der Waals surface area contributed by atoms with Gasteiger partial charge in [0.15, 0.2) is 0 Å². The van der Waals surface area contributed by atoms with Crippen molar-refractivity contribution in [3.63, 3.8) is 0 Å². The van der Waals surface area contributed by atoms with Crippen LogP contribution in [0.3, 0.4) is 0 Å². The van der Waals surface area contributed by atoms with Gasteiger partial charge in [0, 0.05) is 23.4 Å². The molecule has 1 fully saturated rings. The third-order valence-electron chi connectivity index (χ3n) is 6.10. The molecule has 1 aliphatic carbocycles. The van der Waals surface area contributed by atoms with Crippen molar-refractivity contribution < 1.29 is 23.8 Å². The third kappa shape index (κ3) is 6.56. The van der Waals surface area contributed by atoms with Crippen molar-refractivity contribution in [2.45, 2.75) is 58.0 Å². The Morgan fingerprint density at radius 1 is 1.14 bits per heavy atom. The fourth-order valence-electron chi connectivity index (χ4n) is 3.89. The summed E-state index contributed by atoms with van der Waals surface area (Å²) in [5.41, 5.74) is 3.82. The maximum Gasteiger partial charge on any atom is 0.306 e. The molecule has 2 atom stereocenters. The van der Waals surface area contributed by atoms with E-state index in [0.717, 1.165) is 48.0 Å². The zero-order valence-electron chi connectivity index (χ0n) is 20.2. The number of aliphatic carboxylic acids is 1. The van der Waals surface area contributed by atoms with Crippen LogP contribution in [-0.4, -0.2) is 28.2 Å². The van der Waals surface area contributed by atoms with Gasteiger partial charge in [-0.3, -0.25) is 9.78 Å². The van der Waals surface area contributed by atoms with Crippen LogP contribution in [0.4, 0.5) is 4.39 Å². The average Bonchev–Trinajstić information content (AvgIpc) is 3.75. The largest absolute Gasteiger partial charge is 0.484 e. The Hall–Kier alpha value is -3.48. The average molecular weight is 479 g/mol. The van der Waals surface area contributed by atoms with Crippen molar-refractivity contribution in [2.24, 2.45) is 5.92 Å². The van der Waals surface area contributed by atoms with E-state index in [0.29, 0.717) is 23.4 Å². The van der Waals surface area contributed by atoms with Crippen LogP contribution < -0.4 is 9.47 Å². The second kappa shape index (κ2) is 11.3. The number of hydrogen-bond donors (Lipinski definition) is 1. The molecule has 0 radical (unpaired) electrons. The molecule has 7 heteroatoms. The Morgan fingerprint density at radius 3 is 2.60 bits per heavy atom. The summed E-state index contributed by atoms with van der Waals surface area (Å²) in [6, 6.07) is 11.2. The number of carboxylic acid groups (broad SMARTS) is 1. The second-order valence-corrected chi connectivity index (χ2v) is 9.12. The van der Waals surface area contributed by atoms with Crippen LogP contribution in [0.1, 0.15) is 62.0 Å². The normalized spacial score (nSPS) is 17.1. The molecule has 35 heavy (non-hydrogen) atoms. The van der Waals surface area contributed by atoms with Crippen molar-refractivity contribution >= 4 is 5.97 Å². The minimum atomic E-state index is -0.814. The second-order valence-electron chi connectivity index (χ2n) is 9.12. The molecule has 3 heterocycles. The summed E-state index contributed by atoms with van der Waals surface area (Å²) in [6.07, 6.45) is 10.1. The SMILES string of the molecule is C1CC1.COc1cc(-c2ccc(C3CCCc4ccc(CC(C)C(=O)O)cc4O3)nc2)c(F)cn1. The summed E-state index contributed by atoms with van der Waals surface area (Å²) in [6.45, 7) is 1.70. The van der Waals surface area contributed by atoms with E-state index in [9.17, 15) is 14.3 Å². The molecule has 2 aliphatic rings. The van der Waals surface area contributed by atoms with E-state index in [-0.39, 0.29) is 6.10 Å². The number of pyridine rings is 2. The number of aromatic nitrogens is 2. The lowest BCUT2D eigenvalue weighted by molar-refractivity contribution is -0.141. The summed E-state index contributed by atoms with van der Waals surface area (Å²) in [7, 11) is 1.49. The van der Waals surface area contributed by atoms with Gasteiger partial charge in [-0.05, 0) is 48.9 Å². The van der Waals surface area contributed by atoms with Gasteiger partial charge in [0.2, 0.25) is 5.88 Å². The number of nitrogens with zero attached hydrogens (tertiary/aromatic N) is 2. The number of carboxylic acids is 1. The number of halogens is 1. The highest BCUT2D eigenvalue weighted by molar-refractivity contribution is 5.70. The molecule has 3 aromatic rings. The van der Waals surface area contributed by atoms with Crippen molar-refractivity contribution in [3.8, 4) is 22.8 Å². The monoisotopic (exact) mass is 478 g/mol. The van der Waals surface area contributed by atoms with Gasteiger partial charge in [-0.2, -0.15) is 0 Å². The molecule has 0 bridgehead atoms. The maximum absolute atomic E-state index is 14.2. The Bertz CT molecular complexity index is 1160. The fourth-order valence-corrected chi connectivity index (χ4v) is 3.89. The molecule has 1 aliphatic heterocycles. The highest BCUT2D eigenvalue weighted by atomic mass is 19.1. The van der Waals surface area contributed by atoms with Crippen LogP contribution in [0.5, 0.6) is 11.6 Å². The van der Waals surface area contributed by atoms with E-state index in [1.165, 1.54) is 26.4 Å². The number of hydrogen-bond acceptors (Lipinski definition) is 5. The summed E-state index contributed by atoms with van der Waals surface area (Å²) < 4.78 is 25.6. The number of carbonyl (C=O) groups is 1. The summed E-state index contributed by atoms with van der Waals surface area (Å²) in [4.78, 5) is 19.6. The maximum atomic E-state index is 14.2. The minimum Gasteiger partial charge on any atom is -0.484 e. The van der Waals surface area contributed by atoms with Gasteiger partial charge in [-0.25, -0.2) is 9.37 Å². The van der Waals surface area contributed by atoms with Gasteiger partial charge in [0.25, 0.3) is 0 Å². The lowest BCUT2D eigenvalue weighted by Gasteiger charge is -2.18. The molecule has 2 unspecified atom stereocenters. The van der Waals surface area contributed by atoms with Crippen molar-refractivity contribution in [2.75, 3.05) is 7.11 Å². The Labute approximate surface area is 205 Å². The molecule has 0 saturated heterocycles. The fraction of sp³-hybridized carbons (Fsp3) is 0.393. The Balaban J connectivity index is 0.000000894. The molecule has 184 valence electrons. The first-order chi connectivity index (χ1) is 16.9. The van der Waals surface area contributed by atoms with Gasteiger partial charge < -0.3 is 14.6 Å². The Morgan fingerprint density at radius 2 is 1.94 bits per heavy atom. The van der Waals surface area contributed by atoms with E-state index < -0.39 is 17.7 Å². The van der Waals surface area contributed by atoms with E-state index in [2.05, 4.69) is 9.97 Å². The van der Waals surface area contributed by atoms with E-state index in [1.54, 1.807) is 19.2 Å². The first-order valence-electron chi connectivity index (χ1n) is 12.1. The van der Waals surface area contributed by atoms with Crippen molar-refractivity contribution in [3.05, 3.63) is 71.4 Å². The van der Waals surface area contributed by atoms with Crippen LogP contribution in [0, 0.1) is 11.7 Å². The summed E-state index contributed by atoms with van der Waals surface area (Å²) >= 11 is 0. The van der Waals surface area contributed by atoms with Crippen LogP contribution in [0.2, 0.25) is 0 Å². The van der Waals surface area contributed by atoms with Gasteiger partial charge in [0.1, 0.15) is 17.7 Å². The predicted octanol–water partition coefficient (Wildman–Crippen LogP) is 6.18. The zero-order valence-corrected chi connectivity index (χ0v) is 20.2. The van der Waals surface area contributed by atoms with Gasteiger partial charge in [-0.15, -0.1) is 0 Å². The molecular weight excluding hydrogens is 447 g/mol. The van der Waals surface area contributed by atoms with E-state index in [4.69, 9.17) is 9.47 Å². The quantitative estimate of drug-likeness (QED) is 0.456. The lowest BCUT2D eigenvalue weighted by atomic mass is 9.98. The van der Waals surface area contributed by atoms with Crippen LogP contribution >= 0.6 is 0 Å². The predicted molar refractivity (Wildman–Crippen MR) is 131 cm³/mol. The lowest BCUT2D eigenvalue weighted by Crippen LogP contribution is -2.12. The van der Waals surface area contributed by atoms with Gasteiger partial charge in [-0.1, -0.05) is 44.4 Å². The first-order valence-corrected chi connectivity index (χ1v) is 12.1. The van der Waals surface area contributed by atoms with Crippen LogP contribution in [0.15, 0.2) is 48.8 Å². The molecule has 2 aromatic heterocycles. The first kappa shape index (κ1) is 24.6. The summed E-state index contributed by atoms with van der Waals surface area (Å²) in [5, 5.41) is 9.20. The smallest absolute Gasteiger partial charge is 0.306 e. The Kier molecular flexibility index (Phi) is 7.95. The van der Waals surface area contributed by atoms with Crippen molar-refractivity contribution in [1.82, 2.24) is 9.97 Å². The molecule has 6 nitrogen and oxygen atoms in total. The topological polar surface area (TPSA) is 81.5 Å². The molecule has 1 N–H and O–H groups in total. The number of ether oxygens (including phenoxy) is 2. The standard InChI is InChI=1S/C25H25FN2O4.C3H6/c1-15(25(29)30)10-16-6-7-17-4-3-5-22(32-23(17)11-16)21-9-8-18(13-27-21)19-12-24(31-2)28-14-20(19)26;1-2-3-1/h6-9,11-15,22H,3-5,10H2,1-2H3,(H,29,30);1-3H2. The van der Waals surface area contributed by atoms with Crippen LogP contribution in [-0.2, 0) is 17.6 Å². The number of aryl methyl sites for hydroxylation is 1. The zero-order chi connectivity index (χ0) is 24.8. The number of fused-ring (bicyclic) bond motifs is 1. The molecule has 0 amide bonds. The number of rotatable bonds is 6. The van der Waals surface area contributed by atoms with Gasteiger partial charge in [0.05, 0.1) is 24.9 Å². The molecule has 1 aromatic carbocycles. The molecular formula is C28H31FN2O4. The van der Waals surface area contributed by atoms with Gasteiger partial charge >= 0.3 is 5.97 Å². The third-order valence-corrected chi connectivity index (χ3v) is 6.10.